The van der Waals surface area contributed by atoms with Gasteiger partial charge < -0.3 is 36.4 Å². The molecule has 0 rings (SSSR count). The van der Waals surface area contributed by atoms with Crippen LogP contribution in [0.5, 0.6) is 0 Å². The summed E-state index contributed by atoms with van der Waals surface area (Å²) in [6.07, 6.45) is -2.14. The summed E-state index contributed by atoms with van der Waals surface area (Å²) in [6, 6.07) is -3.31. The number of aliphatic carboxylic acids is 1. The van der Waals surface area contributed by atoms with Crippen LogP contribution in [0.4, 0.5) is 0 Å². The first-order valence-corrected chi connectivity index (χ1v) is 13.3. The second-order valence-corrected chi connectivity index (χ2v) is 11.0. The Labute approximate surface area is 235 Å². The Bertz CT molecular complexity index is 966. The van der Waals surface area contributed by atoms with Gasteiger partial charge in [-0.25, -0.2) is 4.79 Å². The Kier molecular flexibility index (Phi) is 14.1. The van der Waals surface area contributed by atoms with E-state index in [0.29, 0.717) is 6.42 Å². The number of carboxylic acids is 1. The van der Waals surface area contributed by atoms with Gasteiger partial charge in [0.25, 0.3) is 0 Å². The Morgan fingerprint density at radius 1 is 0.775 bits per heavy atom. The van der Waals surface area contributed by atoms with Crippen LogP contribution in [-0.4, -0.2) is 111 Å². The van der Waals surface area contributed by atoms with E-state index in [9.17, 15) is 49.2 Å². The molecule has 0 heterocycles. The van der Waals surface area contributed by atoms with Crippen LogP contribution in [0, 0.1) is 11.8 Å². The van der Waals surface area contributed by atoms with Gasteiger partial charge in [-0.1, -0.05) is 34.1 Å². The standard InChI is InChI=1S/C27H47N3O10/c1-10-15(4)20(30-9)18(31)12-27(40,24(36)37)23(35)26(39,21(33)16(5)28-7)13-19(32)25(6,38)22(34)17(29-8)11-14(2)3/h14-17,20,28-30,38-40H,10-13H2,1-9H3,(H,36,37)/t15?,16-,17+,20+,25?,26?,27?/m1/s1. The maximum atomic E-state index is 13.6. The summed E-state index contributed by atoms with van der Waals surface area (Å²) >= 11 is 0. The third kappa shape index (κ3) is 8.30. The van der Waals surface area contributed by atoms with Crippen LogP contribution in [-0.2, 0) is 28.8 Å². The summed E-state index contributed by atoms with van der Waals surface area (Å²) < 4.78 is 0. The van der Waals surface area contributed by atoms with E-state index in [2.05, 4.69) is 16.0 Å². The number of likely N-dealkylation sites (N-methyl/N-ethyl adjacent to an activating group) is 3. The van der Waals surface area contributed by atoms with Crippen LogP contribution in [0.25, 0.3) is 0 Å². The first-order chi connectivity index (χ1) is 18.2. The summed E-state index contributed by atoms with van der Waals surface area (Å²) in [4.78, 5) is 78.3. The van der Waals surface area contributed by atoms with Crippen LogP contribution in [0.3, 0.4) is 0 Å². The van der Waals surface area contributed by atoms with E-state index < -0.39 is 82.7 Å². The van der Waals surface area contributed by atoms with Gasteiger partial charge in [0, 0.05) is 0 Å². The number of carboxylic acid groups (broad SMARTS) is 1. The Morgan fingerprint density at radius 3 is 1.68 bits per heavy atom. The molecule has 0 aliphatic rings. The monoisotopic (exact) mass is 573 g/mol. The molecule has 13 nitrogen and oxygen atoms in total. The van der Waals surface area contributed by atoms with E-state index in [1.165, 1.54) is 28.1 Å². The van der Waals surface area contributed by atoms with Crippen molar-refractivity contribution in [1.82, 2.24) is 16.0 Å². The van der Waals surface area contributed by atoms with Gasteiger partial charge in [-0.05, 0) is 53.2 Å². The summed E-state index contributed by atoms with van der Waals surface area (Å²) in [5.74, 6) is -9.35. The SMILES string of the molecule is CCC(C)[C@H](NC)C(=O)CC(O)(C(=O)O)C(=O)C(O)(CC(=O)C(C)(O)C(=O)[C@H](CC(C)C)NC)C(=O)[C@@H](C)NC. The minimum Gasteiger partial charge on any atom is -0.479 e. The van der Waals surface area contributed by atoms with Crippen molar-refractivity contribution in [3.05, 3.63) is 0 Å². The maximum absolute atomic E-state index is 13.6. The molecule has 0 aromatic rings. The highest BCUT2D eigenvalue weighted by Crippen LogP contribution is 2.30. The fourth-order valence-corrected chi connectivity index (χ4v) is 4.43. The first kappa shape index (κ1) is 37.6. The van der Waals surface area contributed by atoms with Crippen molar-refractivity contribution in [3.8, 4) is 0 Å². The first-order valence-electron chi connectivity index (χ1n) is 13.3. The largest absolute Gasteiger partial charge is 0.479 e. The van der Waals surface area contributed by atoms with Crippen LogP contribution in [0.2, 0.25) is 0 Å². The number of ketones is 5. The molecule has 40 heavy (non-hydrogen) atoms. The quantitative estimate of drug-likeness (QED) is 0.0851. The zero-order chi connectivity index (χ0) is 31.8. The lowest BCUT2D eigenvalue weighted by Crippen LogP contribution is -2.66. The van der Waals surface area contributed by atoms with Crippen LogP contribution in [0.15, 0.2) is 0 Å². The van der Waals surface area contributed by atoms with Crippen LogP contribution >= 0.6 is 0 Å². The molecule has 0 aliphatic heterocycles. The lowest BCUT2D eigenvalue weighted by Gasteiger charge is -2.35. The van der Waals surface area contributed by atoms with Crippen molar-refractivity contribution in [3.63, 3.8) is 0 Å². The molecule has 0 aromatic carbocycles. The lowest BCUT2D eigenvalue weighted by molar-refractivity contribution is -0.181. The number of rotatable bonds is 20. The zero-order valence-electron chi connectivity index (χ0n) is 25.0. The molecule has 0 aromatic heterocycles. The second-order valence-electron chi connectivity index (χ2n) is 11.0. The average molecular weight is 574 g/mol. The fourth-order valence-electron chi connectivity index (χ4n) is 4.43. The molecule has 0 bridgehead atoms. The van der Waals surface area contributed by atoms with Crippen molar-refractivity contribution < 1.29 is 49.2 Å². The molecular formula is C27H47N3O10. The second kappa shape index (κ2) is 15.0. The number of hydrogen-bond donors (Lipinski definition) is 7. The topological polar surface area (TPSA) is 219 Å². The van der Waals surface area contributed by atoms with Crippen molar-refractivity contribution in [2.24, 2.45) is 11.8 Å². The van der Waals surface area contributed by atoms with Crippen molar-refractivity contribution in [2.45, 2.75) is 102 Å². The molecule has 0 aliphatic carbocycles. The van der Waals surface area contributed by atoms with E-state index >= 15 is 0 Å². The number of nitrogens with one attached hydrogen (secondary N) is 3. The molecule has 0 saturated carbocycles. The normalized spacial score (nSPS) is 19.3. The highest BCUT2D eigenvalue weighted by Gasteiger charge is 2.61. The molecular weight excluding hydrogens is 526 g/mol. The number of carbonyl (C=O) groups is 6. The van der Waals surface area contributed by atoms with Crippen molar-refractivity contribution in [2.75, 3.05) is 21.1 Å². The summed E-state index contributed by atoms with van der Waals surface area (Å²) in [5.41, 5.74) is -9.93. The zero-order valence-corrected chi connectivity index (χ0v) is 25.0. The van der Waals surface area contributed by atoms with Gasteiger partial charge in [0.1, 0.15) is 0 Å². The lowest BCUT2D eigenvalue weighted by atomic mass is 9.72. The summed E-state index contributed by atoms with van der Waals surface area (Å²) in [7, 11) is 4.15. The molecule has 7 N–H and O–H groups in total. The summed E-state index contributed by atoms with van der Waals surface area (Å²) in [5, 5.41) is 51.0. The van der Waals surface area contributed by atoms with Gasteiger partial charge >= 0.3 is 5.97 Å². The minimum absolute atomic E-state index is 0.0242. The van der Waals surface area contributed by atoms with Crippen molar-refractivity contribution in [1.29, 1.82) is 0 Å². The minimum atomic E-state index is -3.61. The molecule has 0 saturated heterocycles. The van der Waals surface area contributed by atoms with Gasteiger partial charge in [0.2, 0.25) is 11.4 Å². The molecule has 0 amide bonds. The molecule has 0 fully saturated rings. The molecule has 230 valence electrons. The van der Waals surface area contributed by atoms with Gasteiger partial charge in [0.15, 0.2) is 34.3 Å². The van der Waals surface area contributed by atoms with E-state index in [1.54, 1.807) is 27.7 Å². The predicted molar refractivity (Wildman–Crippen MR) is 146 cm³/mol. The fraction of sp³-hybridized carbons (Fsp3) is 0.778. The predicted octanol–water partition coefficient (Wildman–Crippen LogP) is -1.21. The van der Waals surface area contributed by atoms with Gasteiger partial charge in [-0.15, -0.1) is 0 Å². The maximum Gasteiger partial charge on any atom is 0.344 e. The smallest absolute Gasteiger partial charge is 0.344 e. The van der Waals surface area contributed by atoms with E-state index in [4.69, 9.17) is 0 Å². The number of hydrogen-bond acceptors (Lipinski definition) is 12. The Morgan fingerprint density at radius 2 is 1.30 bits per heavy atom. The van der Waals surface area contributed by atoms with E-state index in [1.807, 2.05) is 0 Å². The average Bonchev–Trinajstić information content (AvgIpc) is 2.89. The molecule has 0 spiro atoms. The highest BCUT2D eigenvalue weighted by molar-refractivity contribution is 6.25. The third-order valence-electron chi connectivity index (χ3n) is 7.45. The summed E-state index contributed by atoms with van der Waals surface area (Å²) in [6.45, 7) is 9.11. The van der Waals surface area contributed by atoms with Gasteiger partial charge in [0.05, 0.1) is 31.0 Å². The highest BCUT2D eigenvalue weighted by atomic mass is 16.4. The molecule has 4 unspecified atom stereocenters. The number of carbonyl (C=O) groups excluding carboxylic acids is 5. The number of aliphatic hydroxyl groups is 3. The Balaban J connectivity index is 6.75. The number of Topliss-reactive ketones (excluding diaryl/α,β-unsaturated/α-hetero) is 5. The van der Waals surface area contributed by atoms with E-state index in [-0.39, 0.29) is 18.3 Å². The van der Waals surface area contributed by atoms with Gasteiger partial charge in [-0.3, -0.25) is 24.0 Å². The molecule has 0 radical (unpaired) electrons. The molecule has 7 atom stereocenters. The van der Waals surface area contributed by atoms with Crippen LogP contribution in [0.1, 0.15) is 67.2 Å². The Hall–Kier alpha value is -2.42. The van der Waals surface area contributed by atoms with Crippen LogP contribution < -0.4 is 16.0 Å². The molecule has 13 heteroatoms. The van der Waals surface area contributed by atoms with E-state index in [0.717, 1.165) is 6.92 Å². The van der Waals surface area contributed by atoms with Crippen molar-refractivity contribution >= 4 is 34.9 Å². The van der Waals surface area contributed by atoms with Gasteiger partial charge in [-0.2, -0.15) is 0 Å². The third-order valence-corrected chi connectivity index (χ3v) is 7.45.